The number of hydrogen-bond acceptors (Lipinski definition) is 6. The van der Waals surface area contributed by atoms with Gasteiger partial charge in [-0.3, -0.25) is 4.57 Å². The minimum atomic E-state index is -3.85. The third-order valence-electron chi connectivity index (χ3n) is 3.64. The van der Waals surface area contributed by atoms with Crippen LogP contribution in [0.3, 0.4) is 0 Å². The van der Waals surface area contributed by atoms with E-state index in [4.69, 9.17) is 14.8 Å². The van der Waals surface area contributed by atoms with Gasteiger partial charge in [-0.2, -0.15) is 0 Å². The van der Waals surface area contributed by atoms with Gasteiger partial charge in [-0.25, -0.2) is 13.2 Å². The van der Waals surface area contributed by atoms with E-state index in [2.05, 4.69) is 5.32 Å². The Hall–Kier alpha value is -2.19. The van der Waals surface area contributed by atoms with Gasteiger partial charge in [0.1, 0.15) is 0 Å². The first kappa shape index (κ1) is 20.1. The van der Waals surface area contributed by atoms with E-state index in [1.54, 1.807) is 12.1 Å². The lowest BCUT2D eigenvalue weighted by atomic mass is 10.2. The van der Waals surface area contributed by atoms with E-state index in [0.29, 0.717) is 0 Å². The van der Waals surface area contributed by atoms with Crippen LogP contribution in [0, 0.1) is 6.92 Å². The largest absolute Gasteiger partial charge is 0.362 e. The van der Waals surface area contributed by atoms with Crippen LogP contribution in [0.25, 0.3) is 0 Å². The molecule has 0 spiro atoms. The summed E-state index contributed by atoms with van der Waals surface area (Å²) in [6, 6.07) is 9.06. The molecule has 0 heterocycles. The van der Waals surface area contributed by atoms with E-state index in [1.807, 2.05) is 6.92 Å². The van der Waals surface area contributed by atoms with Crippen LogP contribution in [-0.4, -0.2) is 28.7 Å². The molecule has 2 amide bonds. The average molecular weight is 398 g/mol. The summed E-state index contributed by atoms with van der Waals surface area (Å²) >= 11 is 0. The van der Waals surface area contributed by atoms with Gasteiger partial charge < -0.3 is 20.1 Å². The summed E-state index contributed by atoms with van der Waals surface area (Å²) in [5, 5.41) is 2.25. The number of primary amides is 1. The maximum atomic E-state index is 12.8. The zero-order valence-electron chi connectivity index (χ0n) is 14.4. The topological polar surface area (TPSA) is 125 Å². The van der Waals surface area contributed by atoms with Crippen molar-refractivity contribution in [1.82, 2.24) is 0 Å². The van der Waals surface area contributed by atoms with Crippen LogP contribution in [0.5, 0.6) is 0 Å². The third kappa shape index (κ3) is 3.96. The Morgan fingerprint density at radius 3 is 2.08 bits per heavy atom. The number of benzene rings is 2. The summed E-state index contributed by atoms with van der Waals surface area (Å²) in [5.41, 5.74) is 5.98. The first-order chi connectivity index (χ1) is 12.1. The maximum absolute atomic E-state index is 12.8. The number of carbonyl (C=O) groups excluding carboxylic acids is 1. The number of anilines is 1. The lowest BCUT2D eigenvalue weighted by molar-refractivity contribution is 0.259. The lowest BCUT2D eigenvalue weighted by Crippen LogP contribution is -2.24. The first-order valence-corrected chi connectivity index (χ1v) is 10.4. The Bertz CT molecular complexity index is 965. The fraction of sp³-hybridized carbons (Fsp3) is 0.188. The number of carbonyl (C=O) groups is 1. The van der Waals surface area contributed by atoms with Crippen LogP contribution in [0.4, 0.5) is 10.5 Å². The Morgan fingerprint density at radius 2 is 1.58 bits per heavy atom. The minimum Gasteiger partial charge on any atom is -0.351 e. The Labute approximate surface area is 151 Å². The molecule has 140 valence electrons. The molecule has 10 heteroatoms. The zero-order chi connectivity index (χ0) is 19.5. The van der Waals surface area contributed by atoms with Gasteiger partial charge in [0.25, 0.3) is 0 Å². The smallest absolute Gasteiger partial charge is 0.351 e. The number of sulfone groups is 1. The summed E-state index contributed by atoms with van der Waals surface area (Å²) in [7, 11) is -5.24. The second-order valence-electron chi connectivity index (χ2n) is 5.35. The molecule has 0 aliphatic carbocycles. The van der Waals surface area contributed by atoms with E-state index in [0.717, 1.165) is 5.56 Å². The van der Waals surface area contributed by atoms with Crippen LogP contribution >= 0.6 is 7.60 Å². The lowest BCUT2D eigenvalue weighted by Gasteiger charge is -2.18. The number of rotatable bonds is 6. The predicted octanol–water partition coefficient (Wildman–Crippen LogP) is 2.43. The fourth-order valence-corrected chi connectivity index (χ4v) is 4.78. The summed E-state index contributed by atoms with van der Waals surface area (Å²) in [4.78, 5) is 11.3. The molecular weight excluding hydrogens is 379 g/mol. The molecule has 2 rings (SSSR count). The second-order valence-corrected chi connectivity index (χ2v) is 9.50. The molecule has 2 aromatic rings. The van der Waals surface area contributed by atoms with Gasteiger partial charge in [0, 0.05) is 14.2 Å². The van der Waals surface area contributed by atoms with E-state index in [9.17, 15) is 17.8 Å². The van der Waals surface area contributed by atoms with Crippen molar-refractivity contribution in [2.45, 2.75) is 16.7 Å². The van der Waals surface area contributed by atoms with E-state index in [-0.39, 0.29) is 20.8 Å². The molecule has 8 nitrogen and oxygen atoms in total. The highest BCUT2D eigenvalue weighted by Gasteiger charge is 2.30. The van der Waals surface area contributed by atoms with Crippen LogP contribution in [0.15, 0.2) is 52.3 Å². The van der Waals surface area contributed by atoms with Crippen molar-refractivity contribution in [2.75, 3.05) is 19.5 Å². The van der Waals surface area contributed by atoms with Crippen molar-refractivity contribution in [3.8, 4) is 0 Å². The molecule has 0 unspecified atom stereocenters. The van der Waals surface area contributed by atoms with Crippen molar-refractivity contribution < 1.29 is 26.8 Å². The van der Waals surface area contributed by atoms with E-state index in [1.165, 1.54) is 44.6 Å². The number of urea groups is 1. The zero-order valence-corrected chi connectivity index (χ0v) is 16.1. The minimum absolute atomic E-state index is 0.0100. The van der Waals surface area contributed by atoms with Crippen molar-refractivity contribution >= 4 is 34.5 Å². The number of hydrogen-bond donors (Lipinski definition) is 2. The number of nitrogens with two attached hydrogens (primary N) is 1. The first-order valence-electron chi connectivity index (χ1n) is 7.38. The molecule has 0 saturated heterocycles. The normalized spacial score (nSPS) is 12.0. The fourth-order valence-electron chi connectivity index (χ4n) is 2.28. The molecule has 0 saturated carbocycles. The standard InChI is InChI=1S/C16H19N2O6PS/c1-11-4-6-12(7-5-11)26(21,22)13-8-9-15(25(20,23-2)24-3)14(10-13)18-16(17)19/h4-10H,1-3H3,(H3,17,18,19). The Kier molecular flexibility index (Phi) is 5.87. The molecule has 2 aromatic carbocycles. The molecule has 0 aliphatic rings. The van der Waals surface area contributed by atoms with Crippen molar-refractivity contribution in [1.29, 1.82) is 0 Å². The molecule has 26 heavy (non-hydrogen) atoms. The van der Waals surface area contributed by atoms with Gasteiger partial charge in [-0.05, 0) is 37.3 Å². The molecule has 0 atom stereocenters. The quantitative estimate of drug-likeness (QED) is 0.720. The highest BCUT2D eigenvalue weighted by atomic mass is 32.2. The van der Waals surface area contributed by atoms with Crippen LogP contribution in [0.2, 0.25) is 0 Å². The van der Waals surface area contributed by atoms with Crippen LogP contribution in [-0.2, 0) is 23.4 Å². The van der Waals surface area contributed by atoms with Crippen molar-refractivity contribution in [3.63, 3.8) is 0 Å². The molecule has 0 aliphatic heterocycles. The molecule has 0 aromatic heterocycles. The molecule has 0 bridgehead atoms. The van der Waals surface area contributed by atoms with Gasteiger partial charge >= 0.3 is 13.6 Å². The Morgan fingerprint density at radius 1 is 1.04 bits per heavy atom. The van der Waals surface area contributed by atoms with Gasteiger partial charge in [0.2, 0.25) is 9.84 Å². The molecule has 0 radical (unpaired) electrons. The third-order valence-corrected chi connectivity index (χ3v) is 7.35. The van der Waals surface area contributed by atoms with Crippen LogP contribution in [0.1, 0.15) is 5.56 Å². The monoisotopic (exact) mass is 398 g/mol. The SMILES string of the molecule is COP(=O)(OC)c1ccc(S(=O)(=O)c2ccc(C)cc2)cc1NC(N)=O. The molecule has 3 N–H and O–H groups in total. The van der Waals surface area contributed by atoms with Crippen molar-refractivity contribution in [3.05, 3.63) is 48.0 Å². The van der Waals surface area contributed by atoms with Gasteiger partial charge in [-0.15, -0.1) is 0 Å². The highest BCUT2D eigenvalue weighted by Crippen LogP contribution is 2.47. The summed E-state index contributed by atoms with van der Waals surface area (Å²) in [5.74, 6) is 0. The average Bonchev–Trinajstić information content (AvgIpc) is 2.61. The van der Waals surface area contributed by atoms with Crippen molar-refractivity contribution in [2.24, 2.45) is 5.73 Å². The van der Waals surface area contributed by atoms with E-state index < -0.39 is 23.5 Å². The highest BCUT2D eigenvalue weighted by molar-refractivity contribution is 7.91. The molecular formula is C16H19N2O6PS. The maximum Gasteiger partial charge on any atom is 0.362 e. The second kappa shape index (κ2) is 7.59. The summed E-state index contributed by atoms with van der Waals surface area (Å²) in [6.45, 7) is 1.84. The van der Waals surface area contributed by atoms with Crippen LogP contribution < -0.4 is 16.4 Å². The number of nitrogens with one attached hydrogen (secondary N) is 1. The predicted molar refractivity (Wildman–Crippen MR) is 97.5 cm³/mol. The van der Waals surface area contributed by atoms with Gasteiger partial charge in [0.15, 0.2) is 0 Å². The summed E-state index contributed by atoms with van der Waals surface area (Å²) < 4.78 is 48.1. The van der Waals surface area contributed by atoms with E-state index >= 15 is 0 Å². The van der Waals surface area contributed by atoms with Gasteiger partial charge in [0.05, 0.1) is 20.8 Å². The number of amides is 2. The molecule has 0 fully saturated rings. The summed E-state index contributed by atoms with van der Waals surface area (Å²) in [6.07, 6.45) is 0. The number of aryl methyl sites for hydroxylation is 1. The van der Waals surface area contributed by atoms with Gasteiger partial charge in [-0.1, -0.05) is 17.7 Å². The Balaban J connectivity index is 2.63.